The molecular formula is C18H17N3O5. The Morgan fingerprint density at radius 3 is 2.58 bits per heavy atom. The lowest BCUT2D eigenvalue weighted by Crippen LogP contribution is -2.20. The minimum Gasteiger partial charge on any atom is -0.497 e. The first-order valence-electron chi connectivity index (χ1n) is 7.73. The predicted molar refractivity (Wildman–Crippen MR) is 93.4 cm³/mol. The van der Waals surface area contributed by atoms with Gasteiger partial charge in [-0.3, -0.25) is 10.1 Å². The third-order valence-corrected chi connectivity index (χ3v) is 3.42. The second-order valence-corrected chi connectivity index (χ2v) is 5.13. The molecule has 0 saturated heterocycles. The van der Waals surface area contributed by atoms with Crippen molar-refractivity contribution >= 4 is 11.9 Å². The van der Waals surface area contributed by atoms with E-state index < -0.39 is 5.91 Å². The van der Waals surface area contributed by atoms with Gasteiger partial charge in [0.2, 0.25) is 0 Å². The Bertz CT molecular complexity index is 880. The first-order chi connectivity index (χ1) is 12.7. The summed E-state index contributed by atoms with van der Waals surface area (Å²) in [5, 5.41) is 10.2. The molecule has 1 N–H and O–H groups in total. The van der Waals surface area contributed by atoms with E-state index in [0.717, 1.165) is 0 Å². The zero-order chi connectivity index (χ0) is 18.4. The second-order valence-electron chi connectivity index (χ2n) is 5.13. The third-order valence-electron chi connectivity index (χ3n) is 3.42. The van der Waals surface area contributed by atoms with Crippen molar-refractivity contribution in [1.82, 2.24) is 10.2 Å². The number of hydrogen-bond acceptors (Lipinski definition) is 7. The number of hydrogen-bond donors (Lipinski definition) is 1. The van der Waals surface area contributed by atoms with Crippen molar-refractivity contribution in [3.63, 3.8) is 0 Å². The Hall–Kier alpha value is -3.55. The van der Waals surface area contributed by atoms with Crippen molar-refractivity contribution in [2.24, 2.45) is 0 Å². The highest BCUT2D eigenvalue weighted by Crippen LogP contribution is 2.33. The largest absolute Gasteiger partial charge is 0.497 e. The van der Waals surface area contributed by atoms with E-state index >= 15 is 0 Å². The predicted octanol–water partition coefficient (Wildman–Crippen LogP) is 2.77. The molecule has 1 amide bonds. The van der Waals surface area contributed by atoms with E-state index in [-0.39, 0.29) is 18.5 Å². The molecule has 3 rings (SSSR count). The van der Waals surface area contributed by atoms with Gasteiger partial charge in [0.05, 0.1) is 19.8 Å². The molecule has 0 spiro atoms. The molecule has 0 unspecified atom stereocenters. The molecule has 0 bridgehead atoms. The fraction of sp³-hybridized carbons (Fsp3) is 0.167. The summed E-state index contributed by atoms with van der Waals surface area (Å²) >= 11 is 0. The zero-order valence-electron chi connectivity index (χ0n) is 14.3. The van der Waals surface area contributed by atoms with Gasteiger partial charge >= 0.3 is 6.01 Å². The number of benzene rings is 2. The zero-order valence-corrected chi connectivity index (χ0v) is 14.3. The van der Waals surface area contributed by atoms with Gasteiger partial charge in [0, 0.05) is 0 Å². The number of carbonyl (C=O) groups excluding carboxylic acids is 1. The fourth-order valence-corrected chi connectivity index (χ4v) is 2.18. The lowest BCUT2D eigenvalue weighted by molar-refractivity contribution is -0.118. The standard InChI is InChI=1S/C18H17N3O5/c1-23-13-8-9-15(24-2)14(10-13)17-20-21-18(26-17)19-16(22)11-25-12-6-4-3-5-7-12/h3-10H,11H2,1-2H3,(H,19,21,22). The molecule has 3 aromatic rings. The summed E-state index contributed by atoms with van der Waals surface area (Å²) in [6.07, 6.45) is 0. The first kappa shape index (κ1) is 17.3. The van der Waals surface area contributed by atoms with E-state index in [2.05, 4.69) is 15.5 Å². The summed E-state index contributed by atoms with van der Waals surface area (Å²) in [7, 11) is 3.09. The van der Waals surface area contributed by atoms with E-state index in [4.69, 9.17) is 18.6 Å². The van der Waals surface area contributed by atoms with Crippen molar-refractivity contribution in [2.75, 3.05) is 26.1 Å². The number of ether oxygens (including phenoxy) is 3. The molecule has 8 nitrogen and oxygen atoms in total. The van der Waals surface area contributed by atoms with E-state index in [9.17, 15) is 4.79 Å². The average Bonchev–Trinajstić information content (AvgIpc) is 3.15. The van der Waals surface area contributed by atoms with Crippen LogP contribution < -0.4 is 19.5 Å². The van der Waals surface area contributed by atoms with Gasteiger partial charge in [0.25, 0.3) is 11.8 Å². The van der Waals surface area contributed by atoms with E-state index in [1.807, 2.05) is 18.2 Å². The first-order valence-corrected chi connectivity index (χ1v) is 7.73. The molecule has 0 aliphatic heterocycles. The topological polar surface area (TPSA) is 95.7 Å². The van der Waals surface area contributed by atoms with Crippen molar-refractivity contribution in [2.45, 2.75) is 0 Å². The van der Waals surface area contributed by atoms with Gasteiger partial charge in [-0.15, -0.1) is 5.10 Å². The number of rotatable bonds is 7. The number of aromatic nitrogens is 2. The number of methoxy groups -OCH3 is 2. The molecule has 0 aliphatic rings. The maximum absolute atomic E-state index is 11.9. The Morgan fingerprint density at radius 2 is 1.85 bits per heavy atom. The lowest BCUT2D eigenvalue weighted by atomic mass is 10.2. The van der Waals surface area contributed by atoms with Crippen molar-refractivity contribution in [3.8, 4) is 28.7 Å². The van der Waals surface area contributed by atoms with Gasteiger partial charge in [0.15, 0.2) is 6.61 Å². The van der Waals surface area contributed by atoms with Gasteiger partial charge in [-0.2, -0.15) is 0 Å². The highest BCUT2D eigenvalue weighted by atomic mass is 16.5. The molecule has 0 atom stereocenters. The van der Waals surface area contributed by atoms with Crippen molar-refractivity contribution < 1.29 is 23.4 Å². The smallest absolute Gasteiger partial charge is 0.322 e. The molecule has 8 heteroatoms. The minimum atomic E-state index is -0.415. The van der Waals surface area contributed by atoms with Crippen LogP contribution in [0, 0.1) is 0 Å². The van der Waals surface area contributed by atoms with Crippen LogP contribution in [0.2, 0.25) is 0 Å². The highest BCUT2D eigenvalue weighted by molar-refractivity contribution is 5.89. The Kier molecular flexibility index (Phi) is 5.33. The van der Waals surface area contributed by atoms with Crippen LogP contribution >= 0.6 is 0 Å². The maximum atomic E-state index is 11.9. The number of nitrogens with one attached hydrogen (secondary N) is 1. The summed E-state index contributed by atoms with van der Waals surface area (Å²) in [4.78, 5) is 11.9. The van der Waals surface area contributed by atoms with Crippen LogP contribution in [0.4, 0.5) is 6.01 Å². The Labute approximate surface area is 149 Å². The molecule has 1 heterocycles. The van der Waals surface area contributed by atoms with Gasteiger partial charge in [0.1, 0.15) is 17.2 Å². The maximum Gasteiger partial charge on any atom is 0.322 e. The van der Waals surface area contributed by atoms with Crippen LogP contribution in [-0.4, -0.2) is 36.9 Å². The van der Waals surface area contributed by atoms with E-state index in [1.165, 1.54) is 7.11 Å². The third kappa shape index (κ3) is 4.10. The molecular weight excluding hydrogens is 338 g/mol. The van der Waals surface area contributed by atoms with Crippen LogP contribution in [0.3, 0.4) is 0 Å². The van der Waals surface area contributed by atoms with Crippen LogP contribution in [-0.2, 0) is 4.79 Å². The molecule has 0 aliphatic carbocycles. The van der Waals surface area contributed by atoms with Gasteiger partial charge in [-0.25, -0.2) is 0 Å². The molecule has 0 saturated carbocycles. The monoisotopic (exact) mass is 355 g/mol. The number of para-hydroxylation sites is 1. The molecule has 26 heavy (non-hydrogen) atoms. The molecule has 0 radical (unpaired) electrons. The van der Waals surface area contributed by atoms with Crippen molar-refractivity contribution in [3.05, 3.63) is 48.5 Å². The quantitative estimate of drug-likeness (QED) is 0.696. The Morgan fingerprint density at radius 1 is 1.04 bits per heavy atom. The van der Waals surface area contributed by atoms with Crippen LogP contribution in [0.1, 0.15) is 0 Å². The summed E-state index contributed by atoms with van der Waals surface area (Å²) < 4.78 is 21.3. The van der Waals surface area contributed by atoms with Crippen LogP contribution in [0.15, 0.2) is 52.9 Å². The molecule has 2 aromatic carbocycles. The van der Waals surface area contributed by atoms with Crippen LogP contribution in [0.25, 0.3) is 11.5 Å². The molecule has 1 aromatic heterocycles. The summed E-state index contributed by atoms with van der Waals surface area (Å²) in [6, 6.07) is 14.2. The molecule has 134 valence electrons. The lowest BCUT2D eigenvalue weighted by Gasteiger charge is -2.07. The summed E-state index contributed by atoms with van der Waals surface area (Å²) in [5.74, 6) is 1.53. The Balaban J connectivity index is 1.67. The number of nitrogens with zero attached hydrogens (tertiary/aromatic N) is 2. The summed E-state index contributed by atoms with van der Waals surface area (Å²) in [5.41, 5.74) is 0.556. The fourth-order valence-electron chi connectivity index (χ4n) is 2.18. The van der Waals surface area contributed by atoms with E-state index in [0.29, 0.717) is 22.8 Å². The van der Waals surface area contributed by atoms with E-state index in [1.54, 1.807) is 37.4 Å². The van der Waals surface area contributed by atoms with Gasteiger partial charge < -0.3 is 18.6 Å². The van der Waals surface area contributed by atoms with Crippen molar-refractivity contribution in [1.29, 1.82) is 0 Å². The molecule has 0 fully saturated rings. The summed E-state index contributed by atoms with van der Waals surface area (Å²) in [6.45, 7) is -0.176. The number of amides is 1. The highest BCUT2D eigenvalue weighted by Gasteiger charge is 2.16. The number of carbonyl (C=O) groups is 1. The van der Waals surface area contributed by atoms with Gasteiger partial charge in [-0.1, -0.05) is 23.3 Å². The second kappa shape index (κ2) is 8.02. The van der Waals surface area contributed by atoms with Gasteiger partial charge in [-0.05, 0) is 30.3 Å². The number of anilines is 1. The SMILES string of the molecule is COc1ccc(OC)c(-c2nnc(NC(=O)COc3ccccc3)o2)c1. The van der Waals surface area contributed by atoms with Crippen LogP contribution in [0.5, 0.6) is 17.2 Å². The average molecular weight is 355 g/mol. The normalized spacial score (nSPS) is 10.2. The minimum absolute atomic E-state index is 0.0356.